The summed E-state index contributed by atoms with van der Waals surface area (Å²) in [7, 11) is 3.51. The van der Waals surface area contributed by atoms with Crippen molar-refractivity contribution in [1.82, 2.24) is 20.1 Å². The average Bonchev–Trinajstić information content (AvgIpc) is 3.22. The number of piperazine rings is 1. The lowest BCUT2D eigenvalue weighted by Gasteiger charge is -2.37. The number of pyridine rings is 1. The third-order valence-corrected chi connectivity index (χ3v) is 4.93. The summed E-state index contributed by atoms with van der Waals surface area (Å²) in [5.41, 5.74) is 0. The van der Waals surface area contributed by atoms with E-state index in [1.165, 1.54) is 0 Å². The highest BCUT2D eigenvalue weighted by atomic mass is 127. The summed E-state index contributed by atoms with van der Waals surface area (Å²) in [6, 6.07) is 5.98. The Bertz CT molecular complexity index is 629. The molecule has 1 aromatic heterocycles. The van der Waals surface area contributed by atoms with Crippen LogP contribution in [-0.4, -0.2) is 92.7 Å². The fourth-order valence-electron chi connectivity index (χ4n) is 3.25. The van der Waals surface area contributed by atoms with Crippen LogP contribution in [0, 0.1) is 0 Å². The van der Waals surface area contributed by atoms with E-state index in [2.05, 4.69) is 25.1 Å². The third-order valence-electron chi connectivity index (χ3n) is 4.93. The second-order valence-corrected chi connectivity index (χ2v) is 7.11. The molecular weight excluding hydrogens is 471 g/mol. The highest BCUT2D eigenvalue weighted by molar-refractivity contribution is 14.0. The van der Waals surface area contributed by atoms with E-state index in [1.54, 1.807) is 19.0 Å². The number of aliphatic imine (C=N–C) groups is 1. The summed E-state index contributed by atoms with van der Waals surface area (Å²) >= 11 is 0. The number of nitrogens with one attached hydrogen (secondary N) is 1. The molecule has 3 heterocycles. The molecule has 0 aliphatic carbocycles. The SMILES string of the molecule is CN(C)C(=O)CN=C(NCC1CCCO1)N1CCN(c2ccccn2)CC1.I. The molecule has 0 radical (unpaired) electrons. The van der Waals surface area contributed by atoms with E-state index in [0.717, 1.165) is 63.9 Å². The molecule has 1 amide bonds. The van der Waals surface area contributed by atoms with Gasteiger partial charge in [-0.3, -0.25) is 4.79 Å². The molecule has 0 saturated carbocycles. The van der Waals surface area contributed by atoms with Crippen molar-refractivity contribution in [3.05, 3.63) is 24.4 Å². The van der Waals surface area contributed by atoms with Gasteiger partial charge in [-0.05, 0) is 25.0 Å². The number of anilines is 1. The van der Waals surface area contributed by atoms with Gasteiger partial charge in [-0.2, -0.15) is 0 Å². The molecular formula is C19H31IN6O2. The van der Waals surface area contributed by atoms with E-state index < -0.39 is 0 Å². The number of amides is 1. The molecule has 1 unspecified atom stereocenters. The first-order valence-corrected chi connectivity index (χ1v) is 9.64. The first-order valence-electron chi connectivity index (χ1n) is 9.64. The molecule has 0 bridgehead atoms. The van der Waals surface area contributed by atoms with Crippen molar-refractivity contribution in [1.29, 1.82) is 0 Å². The number of carbonyl (C=O) groups is 1. The molecule has 9 heteroatoms. The van der Waals surface area contributed by atoms with Crippen LogP contribution in [0.2, 0.25) is 0 Å². The minimum absolute atomic E-state index is 0. The van der Waals surface area contributed by atoms with E-state index in [1.807, 2.05) is 24.4 Å². The minimum atomic E-state index is -0.00135. The van der Waals surface area contributed by atoms with Crippen molar-refractivity contribution in [2.24, 2.45) is 4.99 Å². The Morgan fingerprint density at radius 1 is 1.32 bits per heavy atom. The van der Waals surface area contributed by atoms with Crippen molar-refractivity contribution in [2.75, 3.05) is 64.9 Å². The van der Waals surface area contributed by atoms with Crippen LogP contribution in [0.3, 0.4) is 0 Å². The van der Waals surface area contributed by atoms with Crippen LogP contribution in [0.5, 0.6) is 0 Å². The third kappa shape index (κ3) is 6.47. The average molecular weight is 502 g/mol. The van der Waals surface area contributed by atoms with Crippen molar-refractivity contribution < 1.29 is 9.53 Å². The zero-order valence-corrected chi connectivity index (χ0v) is 19.0. The van der Waals surface area contributed by atoms with Crippen LogP contribution in [0.25, 0.3) is 0 Å². The van der Waals surface area contributed by atoms with Crippen molar-refractivity contribution in [3.63, 3.8) is 0 Å². The Morgan fingerprint density at radius 3 is 2.71 bits per heavy atom. The van der Waals surface area contributed by atoms with Gasteiger partial charge in [0.2, 0.25) is 5.91 Å². The van der Waals surface area contributed by atoms with Gasteiger partial charge in [0.05, 0.1) is 6.10 Å². The zero-order chi connectivity index (χ0) is 19.1. The zero-order valence-electron chi connectivity index (χ0n) is 16.7. The van der Waals surface area contributed by atoms with E-state index in [4.69, 9.17) is 4.74 Å². The molecule has 0 aromatic carbocycles. The quantitative estimate of drug-likeness (QED) is 0.369. The number of aromatic nitrogens is 1. The van der Waals surface area contributed by atoms with Crippen LogP contribution in [0.1, 0.15) is 12.8 Å². The number of halogens is 1. The van der Waals surface area contributed by atoms with Gasteiger partial charge in [0.15, 0.2) is 5.96 Å². The van der Waals surface area contributed by atoms with Crippen LogP contribution >= 0.6 is 24.0 Å². The predicted octanol–water partition coefficient (Wildman–Crippen LogP) is 1.03. The molecule has 1 atom stereocenters. The van der Waals surface area contributed by atoms with Gasteiger partial charge in [-0.1, -0.05) is 6.07 Å². The number of ether oxygens (including phenoxy) is 1. The van der Waals surface area contributed by atoms with Crippen LogP contribution in [0.15, 0.2) is 29.4 Å². The van der Waals surface area contributed by atoms with Gasteiger partial charge in [-0.25, -0.2) is 9.98 Å². The minimum Gasteiger partial charge on any atom is -0.376 e. The first-order chi connectivity index (χ1) is 13.1. The Balaban J connectivity index is 0.00000280. The maximum atomic E-state index is 12.0. The van der Waals surface area contributed by atoms with E-state index in [9.17, 15) is 4.79 Å². The molecule has 1 N–H and O–H groups in total. The van der Waals surface area contributed by atoms with Gasteiger partial charge in [0.25, 0.3) is 0 Å². The molecule has 28 heavy (non-hydrogen) atoms. The van der Waals surface area contributed by atoms with Crippen molar-refractivity contribution in [2.45, 2.75) is 18.9 Å². The number of guanidine groups is 1. The van der Waals surface area contributed by atoms with E-state index in [-0.39, 0.29) is 42.5 Å². The predicted molar refractivity (Wildman–Crippen MR) is 121 cm³/mol. The molecule has 8 nitrogen and oxygen atoms in total. The number of rotatable bonds is 5. The topological polar surface area (TPSA) is 73.3 Å². The van der Waals surface area contributed by atoms with Crippen LogP contribution in [-0.2, 0) is 9.53 Å². The van der Waals surface area contributed by atoms with Gasteiger partial charge >= 0.3 is 0 Å². The molecule has 3 rings (SSSR count). The highest BCUT2D eigenvalue weighted by Gasteiger charge is 2.22. The molecule has 2 fully saturated rings. The fraction of sp³-hybridized carbons (Fsp3) is 0.632. The Labute approximate surface area is 184 Å². The van der Waals surface area contributed by atoms with E-state index in [0.29, 0.717) is 0 Å². The lowest BCUT2D eigenvalue weighted by molar-refractivity contribution is -0.127. The van der Waals surface area contributed by atoms with Gasteiger partial charge < -0.3 is 24.8 Å². The highest BCUT2D eigenvalue weighted by Crippen LogP contribution is 2.13. The summed E-state index contributed by atoms with van der Waals surface area (Å²) in [6.45, 7) is 5.14. The van der Waals surface area contributed by atoms with Gasteiger partial charge in [-0.15, -0.1) is 24.0 Å². The summed E-state index contributed by atoms with van der Waals surface area (Å²) < 4.78 is 5.70. The largest absolute Gasteiger partial charge is 0.376 e. The maximum absolute atomic E-state index is 12.0. The first kappa shape index (κ1) is 22.7. The summed E-state index contributed by atoms with van der Waals surface area (Å²) in [5, 5.41) is 3.43. The Morgan fingerprint density at radius 2 is 2.11 bits per heavy atom. The molecule has 2 aliphatic rings. The van der Waals surface area contributed by atoms with Crippen LogP contribution < -0.4 is 10.2 Å². The van der Waals surface area contributed by atoms with Crippen LogP contribution in [0.4, 0.5) is 5.82 Å². The molecule has 2 aliphatic heterocycles. The van der Waals surface area contributed by atoms with Gasteiger partial charge in [0.1, 0.15) is 12.4 Å². The monoisotopic (exact) mass is 502 g/mol. The smallest absolute Gasteiger partial charge is 0.243 e. The molecule has 1 aromatic rings. The van der Waals surface area contributed by atoms with Gasteiger partial charge in [0, 0.05) is 59.6 Å². The Hall–Kier alpha value is -1.62. The lowest BCUT2D eigenvalue weighted by atomic mass is 10.2. The number of nitrogens with zero attached hydrogens (tertiary/aromatic N) is 5. The number of hydrogen-bond acceptors (Lipinski definition) is 5. The Kier molecular flexibility index (Phi) is 9.23. The molecule has 156 valence electrons. The fourth-order valence-corrected chi connectivity index (χ4v) is 3.25. The summed E-state index contributed by atoms with van der Waals surface area (Å²) in [5.74, 6) is 1.80. The number of carbonyl (C=O) groups excluding carboxylic acids is 1. The normalized spacial score (nSPS) is 19.9. The standard InChI is InChI=1S/C19H30N6O2.HI/c1-23(2)18(26)15-22-19(21-14-16-6-5-13-27-16)25-11-9-24(10-12-25)17-7-3-4-8-20-17;/h3-4,7-8,16H,5-6,9-15H2,1-2H3,(H,21,22);1H. The number of likely N-dealkylation sites (N-methyl/N-ethyl adjacent to an activating group) is 1. The number of hydrogen-bond donors (Lipinski definition) is 1. The molecule has 0 spiro atoms. The summed E-state index contributed by atoms with van der Waals surface area (Å²) in [4.78, 5) is 27.0. The molecule has 2 saturated heterocycles. The van der Waals surface area contributed by atoms with Crippen molar-refractivity contribution >= 4 is 41.7 Å². The maximum Gasteiger partial charge on any atom is 0.243 e. The van der Waals surface area contributed by atoms with E-state index >= 15 is 0 Å². The second kappa shape index (κ2) is 11.4. The summed E-state index contributed by atoms with van der Waals surface area (Å²) in [6.07, 6.45) is 4.24. The second-order valence-electron chi connectivity index (χ2n) is 7.11. The lowest BCUT2D eigenvalue weighted by Crippen LogP contribution is -2.53. The van der Waals surface area contributed by atoms with Crippen molar-refractivity contribution in [3.8, 4) is 0 Å².